The molecular weight excluding hydrogens is 225 g/mol. The Morgan fingerprint density at radius 2 is 1.93 bits per heavy atom. The summed E-state index contributed by atoms with van der Waals surface area (Å²) in [6, 6.07) is 0. The molecule has 0 aromatic heterocycles. The van der Waals surface area contributed by atoms with Crippen LogP contribution >= 0.6 is 0 Å². The van der Waals surface area contributed by atoms with E-state index in [1.807, 2.05) is 0 Å². The van der Waals surface area contributed by atoms with Gasteiger partial charge in [0.25, 0.3) is 0 Å². The Kier molecular flexibility index (Phi) is 4.78. The Bertz CT molecular complexity index is 264. The van der Waals surface area contributed by atoms with E-state index in [-0.39, 0.29) is 6.54 Å². The van der Waals surface area contributed by atoms with Gasteiger partial charge in [-0.15, -0.1) is 0 Å². The van der Waals surface area contributed by atoms with Gasteiger partial charge >= 0.3 is 6.18 Å². The highest BCUT2D eigenvalue weighted by molar-refractivity contribution is 7.89. The maximum Gasteiger partial charge on any atom is 0.415 e. The summed E-state index contributed by atoms with van der Waals surface area (Å²) in [6.07, 6.45) is -7.20. The number of hydrogen-bond acceptors (Lipinski definition) is 4. The van der Waals surface area contributed by atoms with Crippen LogP contribution in [0.3, 0.4) is 0 Å². The van der Waals surface area contributed by atoms with Gasteiger partial charge in [-0.25, -0.2) is 13.6 Å². The van der Waals surface area contributed by atoms with Crippen LogP contribution in [0.4, 0.5) is 13.2 Å². The number of alkyl halides is 3. The van der Waals surface area contributed by atoms with Crippen molar-refractivity contribution in [2.45, 2.75) is 12.3 Å². The van der Waals surface area contributed by atoms with E-state index in [4.69, 9.17) is 5.11 Å². The number of primary sulfonamides is 1. The molecule has 1 unspecified atom stereocenters. The molecule has 0 aromatic rings. The molecule has 0 heterocycles. The molecule has 0 saturated heterocycles. The fourth-order valence-electron chi connectivity index (χ4n) is 0.569. The third-order valence-corrected chi connectivity index (χ3v) is 2.05. The van der Waals surface area contributed by atoms with Crippen LogP contribution in [-0.4, -0.2) is 44.6 Å². The lowest BCUT2D eigenvalue weighted by Gasteiger charge is -2.14. The first-order valence-electron chi connectivity index (χ1n) is 3.59. The van der Waals surface area contributed by atoms with E-state index < -0.39 is 34.6 Å². The Balaban J connectivity index is 3.66. The molecule has 0 aliphatic heterocycles. The molecule has 86 valence electrons. The molecule has 0 saturated carbocycles. The van der Waals surface area contributed by atoms with Crippen molar-refractivity contribution in [3.8, 4) is 0 Å². The highest BCUT2D eigenvalue weighted by atomic mass is 32.2. The van der Waals surface area contributed by atoms with Crippen LogP contribution in [-0.2, 0) is 10.0 Å². The minimum Gasteiger partial charge on any atom is -0.382 e. The number of nitrogens with two attached hydrogens (primary N) is 1. The predicted molar refractivity (Wildman–Crippen MR) is 42.9 cm³/mol. The molecule has 0 amide bonds. The van der Waals surface area contributed by atoms with Crippen LogP contribution in [0.15, 0.2) is 0 Å². The van der Waals surface area contributed by atoms with Crippen molar-refractivity contribution in [2.75, 3.05) is 18.8 Å². The first-order valence-corrected chi connectivity index (χ1v) is 5.30. The molecule has 9 heteroatoms. The molecule has 1 atom stereocenters. The standard InChI is InChI=1S/C5H11F3N2O3S/c6-5(7,8)4(11)3-10-1-2-14(9,12)13/h4,10-11H,1-3H2,(H2,9,12,13). The lowest BCUT2D eigenvalue weighted by Crippen LogP contribution is -2.40. The summed E-state index contributed by atoms with van der Waals surface area (Å²) < 4.78 is 55.7. The third-order valence-electron chi connectivity index (χ3n) is 1.28. The maximum atomic E-state index is 11.7. The number of nitrogens with one attached hydrogen (secondary N) is 1. The molecule has 5 nitrogen and oxygen atoms in total. The Labute approximate surface area is 79.1 Å². The normalized spacial score (nSPS) is 15.5. The largest absolute Gasteiger partial charge is 0.415 e. The van der Waals surface area contributed by atoms with Crippen LogP contribution in [0.1, 0.15) is 0 Å². The van der Waals surface area contributed by atoms with Crippen molar-refractivity contribution < 1.29 is 26.7 Å². The predicted octanol–water partition coefficient (Wildman–Crippen LogP) is -1.21. The van der Waals surface area contributed by atoms with Crippen molar-refractivity contribution in [1.29, 1.82) is 0 Å². The topological polar surface area (TPSA) is 92.4 Å². The molecule has 0 aliphatic rings. The van der Waals surface area contributed by atoms with Crippen LogP contribution < -0.4 is 10.5 Å². The smallest absolute Gasteiger partial charge is 0.382 e. The van der Waals surface area contributed by atoms with Gasteiger partial charge in [0, 0.05) is 13.1 Å². The van der Waals surface area contributed by atoms with Gasteiger partial charge in [0.2, 0.25) is 10.0 Å². The number of sulfonamides is 1. The number of hydrogen-bond donors (Lipinski definition) is 3. The lowest BCUT2D eigenvalue weighted by molar-refractivity contribution is -0.201. The molecule has 14 heavy (non-hydrogen) atoms. The number of aliphatic hydroxyl groups excluding tert-OH is 1. The highest BCUT2D eigenvalue weighted by Crippen LogP contribution is 2.18. The number of rotatable bonds is 5. The average Bonchev–Trinajstić information content (AvgIpc) is 1.93. The maximum absolute atomic E-state index is 11.7. The first-order chi connectivity index (χ1) is 6.13. The van der Waals surface area contributed by atoms with E-state index in [0.29, 0.717) is 0 Å². The summed E-state index contributed by atoms with van der Waals surface area (Å²) >= 11 is 0. The van der Waals surface area contributed by atoms with Gasteiger partial charge in [0.1, 0.15) is 0 Å². The highest BCUT2D eigenvalue weighted by Gasteiger charge is 2.37. The number of aliphatic hydroxyl groups is 1. The first kappa shape index (κ1) is 13.6. The van der Waals surface area contributed by atoms with E-state index in [1.165, 1.54) is 0 Å². The van der Waals surface area contributed by atoms with E-state index >= 15 is 0 Å². The summed E-state index contributed by atoms with van der Waals surface area (Å²) in [4.78, 5) is 0. The second-order valence-electron chi connectivity index (χ2n) is 2.63. The van der Waals surface area contributed by atoms with Gasteiger partial charge in [-0.1, -0.05) is 0 Å². The van der Waals surface area contributed by atoms with Crippen LogP contribution in [0.5, 0.6) is 0 Å². The molecule has 0 spiro atoms. The van der Waals surface area contributed by atoms with Gasteiger partial charge in [-0.05, 0) is 0 Å². The third kappa shape index (κ3) is 7.06. The minimum absolute atomic E-state index is 0.230. The lowest BCUT2D eigenvalue weighted by atomic mass is 10.3. The van der Waals surface area contributed by atoms with Gasteiger partial charge in [0.05, 0.1) is 5.75 Å². The summed E-state index contributed by atoms with van der Waals surface area (Å²) in [5, 5.41) is 15.2. The van der Waals surface area contributed by atoms with Crippen LogP contribution in [0, 0.1) is 0 Å². The molecule has 4 N–H and O–H groups in total. The SMILES string of the molecule is NS(=O)(=O)CCNCC(O)C(F)(F)F. The van der Waals surface area contributed by atoms with Crippen LogP contribution in [0.2, 0.25) is 0 Å². The quantitative estimate of drug-likeness (QED) is 0.522. The molecule has 0 fully saturated rings. The monoisotopic (exact) mass is 236 g/mol. The molecule has 0 rings (SSSR count). The second kappa shape index (κ2) is 4.91. The Hall–Kier alpha value is -0.380. The molecule has 0 bridgehead atoms. The Morgan fingerprint density at radius 1 is 1.43 bits per heavy atom. The fourth-order valence-corrected chi connectivity index (χ4v) is 0.998. The summed E-state index contributed by atoms with van der Waals surface area (Å²) in [7, 11) is -3.68. The van der Waals surface area contributed by atoms with E-state index in [9.17, 15) is 21.6 Å². The van der Waals surface area contributed by atoms with Crippen LogP contribution in [0.25, 0.3) is 0 Å². The van der Waals surface area contributed by atoms with Crippen molar-refractivity contribution >= 4 is 10.0 Å². The molecular formula is C5H11F3N2O3S. The summed E-state index contributed by atoms with van der Waals surface area (Å²) in [6.45, 7) is -0.981. The van der Waals surface area contributed by atoms with Crippen molar-refractivity contribution in [3.63, 3.8) is 0 Å². The zero-order valence-corrected chi connectivity index (χ0v) is 7.90. The minimum atomic E-state index is -4.70. The summed E-state index contributed by atoms with van der Waals surface area (Å²) in [5.74, 6) is -0.475. The average molecular weight is 236 g/mol. The van der Waals surface area contributed by atoms with E-state index in [0.717, 1.165) is 0 Å². The molecule has 0 aliphatic carbocycles. The van der Waals surface area contributed by atoms with E-state index in [2.05, 4.69) is 10.5 Å². The fraction of sp³-hybridized carbons (Fsp3) is 1.00. The van der Waals surface area contributed by atoms with Gasteiger partial charge in [-0.3, -0.25) is 0 Å². The van der Waals surface area contributed by atoms with Gasteiger partial charge in [0.15, 0.2) is 6.10 Å². The van der Waals surface area contributed by atoms with E-state index in [1.54, 1.807) is 0 Å². The van der Waals surface area contributed by atoms with Crippen molar-refractivity contribution in [3.05, 3.63) is 0 Å². The molecule has 0 radical (unpaired) electrons. The van der Waals surface area contributed by atoms with Gasteiger partial charge < -0.3 is 10.4 Å². The van der Waals surface area contributed by atoms with Crippen molar-refractivity contribution in [2.24, 2.45) is 5.14 Å². The van der Waals surface area contributed by atoms with Crippen molar-refractivity contribution in [1.82, 2.24) is 5.32 Å². The molecule has 0 aromatic carbocycles. The second-order valence-corrected chi connectivity index (χ2v) is 4.36. The van der Waals surface area contributed by atoms with Gasteiger partial charge in [-0.2, -0.15) is 13.2 Å². The Morgan fingerprint density at radius 3 is 2.29 bits per heavy atom. The zero-order valence-electron chi connectivity index (χ0n) is 7.08. The summed E-state index contributed by atoms with van der Waals surface area (Å²) in [5.41, 5.74) is 0. The number of halogens is 3. The zero-order chi connectivity index (χ0) is 11.4.